The summed E-state index contributed by atoms with van der Waals surface area (Å²) in [6.07, 6.45) is 0.978. The molecule has 2 rings (SSSR count). The summed E-state index contributed by atoms with van der Waals surface area (Å²) in [5.41, 5.74) is 1.07. The Morgan fingerprint density at radius 2 is 1.96 bits per heavy atom. The molecule has 0 radical (unpaired) electrons. The number of aldehydes is 1. The molecule has 118 valence electrons. The Morgan fingerprint density at radius 3 is 2.52 bits per heavy atom. The second kappa shape index (κ2) is 7.31. The summed E-state index contributed by atoms with van der Waals surface area (Å²) < 4.78 is 4.63. The minimum atomic E-state index is -0.720. The first-order chi connectivity index (χ1) is 11.1. The van der Waals surface area contributed by atoms with E-state index in [-0.39, 0.29) is 16.8 Å². The molecule has 0 saturated carbocycles. The topological polar surface area (TPSA) is 86.5 Å². The number of carbonyl (C=O) groups excluding carboxylic acids is 2. The van der Waals surface area contributed by atoms with Crippen molar-refractivity contribution in [3.05, 3.63) is 75.3 Å². The fourth-order valence-corrected chi connectivity index (χ4v) is 2.36. The van der Waals surface area contributed by atoms with Gasteiger partial charge in [0.2, 0.25) is 0 Å². The van der Waals surface area contributed by atoms with Crippen molar-refractivity contribution in [1.82, 2.24) is 0 Å². The van der Waals surface area contributed by atoms with Crippen LogP contribution in [0.5, 0.6) is 0 Å². The number of benzene rings is 2. The lowest BCUT2D eigenvalue weighted by Crippen LogP contribution is -2.10. The Bertz CT molecular complexity index is 727. The number of rotatable bonds is 6. The highest BCUT2D eigenvalue weighted by atomic mass is 16.6. The predicted molar refractivity (Wildman–Crippen MR) is 83.4 cm³/mol. The molecule has 0 heterocycles. The van der Waals surface area contributed by atoms with Crippen molar-refractivity contribution in [3.8, 4) is 0 Å². The van der Waals surface area contributed by atoms with Crippen molar-refractivity contribution in [2.45, 2.75) is 12.3 Å². The maximum absolute atomic E-state index is 11.6. The first-order valence-electron chi connectivity index (χ1n) is 6.92. The Hall–Kier alpha value is -3.02. The molecule has 0 amide bonds. The molecule has 0 aromatic heterocycles. The van der Waals surface area contributed by atoms with Crippen LogP contribution < -0.4 is 0 Å². The van der Waals surface area contributed by atoms with Gasteiger partial charge in [-0.25, -0.2) is 4.79 Å². The predicted octanol–water partition coefficient (Wildman–Crippen LogP) is 2.91. The molecule has 0 N–H and O–H groups in total. The van der Waals surface area contributed by atoms with E-state index in [0.717, 1.165) is 5.56 Å². The summed E-state index contributed by atoms with van der Waals surface area (Å²) in [5.74, 6) is -1.33. The first-order valence-corrected chi connectivity index (χ1v) is 6.92. The maximum Gasteiger partial charge on any atom is 0.337 e. The van der Waals surface area contributed by atoms with E-state index in [1.54, 1.807) is 0 Å². The van der Waals surface area contributed by atoms with Crippen LogP contribution in [0.25, 0.3) is 0 Å². The fraction of sp³-hybridized carbons (Fsp3) is 0.176. The summed E-state index contributed by atoms with van der Waals surface area (Å²) >= 11 is 0. The van der Waals surface area contributed by atoms with E-state index in [1.807, 2.05) is 30.3 Å². The third kappa shape index (κ3) is 3.79. The van der Waals surface area contributed by atoms with Crippen molar-refractivity contribution in [3.63, 3.8) is 0 Å². The molecule has 0 spiro atoms. The number of hydrogen-bond acceptors (Lipinski definition) is 5. The van der Waals surface area contributed by atoms with E-state index < -0.39 is 16.8 Å². The van der Waals surface area contributed by atoms with E-state index in [2.05, 4.69) is 4.74 Å². The number of nitrogens with zero attached hydrogens (tertiary/aromatic N) is 1. The van der Waals surface area contributed by atoms with Crippen molar-refractivity contribution in [2.24, 2.45) is 0 Å². The largest absolute Gasteiger partial charge is 0.465 e. The summed E-state index contributed by atoms with van der Waals surface area (Å²) in [7, 11) is 1.23. The van der Waals surface area contributed by atoms with Gasteiger partial charge in [0.05, 0.1) is 23.5 Å². The molecule has 2 aromatic rings. The molecule has 23 heavy (non-hydrogen) atoms. The zero-order chi connectivity index (χ0) is 16.8. The Labute approximate surface area is 132 Å². The van der Waals surface area contributed by atoms with E-state index >= 15 is 0 Å². The van der Waals surface area contributed by atoms with Crippen molar-refractivity contribution in [2.75, 3.05) is 7.11 Å². The highest BCUT2D eigenvalue weighted by molar-refractivity contribution is 5.90. The Kier molecular flexibility index (Phi) is 5.19. The van der Waals surface area contributed by atoms with Crippen molar-refractivity contribution in [1.29, 1.82) is 0 Å². The van der Waals surface area contributed by atoms with E-state index in [9.17, 15) is 19.7 Å². The molecular weight excluding hydrogens is 298 g/mol. The number of ether oxygens (including phenoxy) is 1. The average Bonchev–Trinajstić information content (AvgIpc) is 2.59. The van der Waals surface area contributed by atoms with Gasteiger partial charge in [-0.15, -0.1) is 0 Å². The molecule has 0 aliphatic rings. The monoisotopic (exact) mass is 313 g/mol. The van der Waals surface area contributed by atoms with Crippen molar-refractivity contribution < 1.29 is 19.2 Å². The van der Waals surface area contributed by atoms with Crippen LogP contribution in [-0.4, -0.2) is 24.3 Å². The summed E-state index contributed by atoms with van der Waals surface area (Å²) in [5, 5.41) is 11.2. The molecule has 0 aliphatic carbocycles. The minimum Gasteiger partial charge on any atom is -0.465 e. The molecule has 1 atom stereocenters. The average molecular weight is 313 g/mol. The normalized spacial score (nSPS) is 11.5. The number of hydrogen-bond donors (Lipinski definition) is 0. The van der Waals surface area contributed by atoms with Gasteiger partial charge in [-0.05, 0) is 24.1 Å². The molecule has 0 fully saturated rings. The van der Waals surface area contributed by atoms with Crippen LogP contribution in [0.4, 0.5) is 5.69 Å². The molecule has 0 saturated heterocycles. The third-order valence-corrected chi connectivity index (χ3v) is 3.51. The van der Waals surface area contributed by atoms with Crippen LogP contribution in [0, 0.1) is 10.1 Å². The molecule has 2 aromatic carbocycles. The van der Waals surface area contributed by atoms with Crippen LogP contribution in [0.3, 0.4) is 0 Å². The van der Waals surface area contributed by atoms with Gasteiger partial charge in [0.1, 0.15) is 6.29 Å². The van der Waals surface area contributed by atoms with E-state index in [4.69, 9.17) is 0 Å². The van der Waals surface area contributed by atoms with Gasteiger partial charge in [0.25, 0.3) is 5.69 Å². The third-order valence-electron chi connectivity index (χ3n) is 3.51. The van der Waals surface area contributed by atoms with Gasteiger partial charge in [-0.3, -0.25) is 10.1 Å². The number of nitro groups is 1. The highest BCUT2D eigenvalue weighted by Crippen LogP contribution is 2.29. The lowest BCUT2D eigenvalue weighted by atomic mass is 9.91. The molecule has 1 unspecified atom stereocenters. The van der Waals surface area contributed by atoms with Gasteiger partial charge >= 0.3 is 5.97 Å². The quantitative estimate of drug-likeness (QED) is 0.354. The number of nitro benzene ring substituents is 1. The van der Waals surface area contributed by atoms with E-state index in [1.165, 1.54) is 25.3 Å². The second-order valence-corrected chi connectivity index (χ2v) is 4.95. The lowest BCUT2D eigenvalue weighted by Gasteiger charge is -2.12. The van der Waals surface area contributed by atoms with Gasteiger partial charge in [0, 0.05) is 11.6 Å². The number of esters is 1. The lowest BCUT2D eigenvalue weighted by molar-refractivity contribution is -0.385. The van der Waals surface area contributed by atoms with Crippen LogP contribution >= 0.6 is 0 Å². The van der Waals surface area contributed by atoms with Crippen LogP contribution in [0.2, 0.25) is 0 Å². The molecular formula is C17H15NO5. The van der Waals surface area contributed by atoms with Gasteiger partial charge in [0.15, 0.2) is 0 Å². The highest BCUT2D eigenvalue weighted by Gasteiger charge is 2.24. The maximum atomic E-state index is 11.6. The summed E-state index contributed by atoms with van der Waals surface area (Å²) in [6.45, 7) is 0. The smallest absolute Gasteiger partial charge is 0.337 e. The van der Waals surface area contributed by atoms with Crippen molar-refractivity contribution >= 4 is 17.9 Å². The first kappa shape index (κ1) is 16.4. The van der Waals surface area contributed by atoms with Gasteiger partial charge in [-0.2, -0.15) is 0 Å². The zero-order valence-electron chi connectivity index (χ0n) is 12.5. The summed E-state index contributed by atoms with van der Waals surface area (Å²) in [4.78, 5) is 33.8. The minimum absolute atomic E-state index is 0.174. The summed E-state index contributed by atoms with van der Waals surface area (Å²) in [6, 6.07) is 13.1. The van der Waals surface area contributed by atoms with Gasteiger partial charge in [-0.1, -0.05) is 30.3 Å². The molecule has 6 nitrogen and oxygen atoms in total. The standard InChI is InChI=1S/C17H15NO5/c1-23-17(20)13-7-8-16(18(21)22)15(10-13)14(11-19)9-12-5-3-2-4-6-12/h2-8,10-11,14H,9H2,1H3. The van der Waals surface area contributed by atoms with Crippen LogP contribution in [0.1, 0.15) is 27.4 Å². The van der Waals surface area contributed by atoms with E-state index in [0.29, 0.717) is 12.7 Å². The van der Waals surface area contributed by atoms with Gasteiger partial charge < -0.3 is 9.53 Å². The molecule has 6 heteroatoms. The zero-order valence-corrected chi connectivity index (χ0v) is 12.5. The Balaban J connectivity index is 2.45. The second-order valence-electron chi connectivity index (χ2n) is 4.95. The number of carbonyl (C=O) groups is 2. The fourth-order valence-electron chi connectivity index (χ4n) is 2.36. The molecule has 0 aliphatic heterocycles. The van der Waals surface area contributed by atoms with Crippen LogP contribution in [-0.2, 0) is 16.0 Å². The Morgan fingerprint density at radius 1 is 1.26 bits per heavy atom. The van der Waals surface area contributed by atoms with Crippen LogP contribution in [0.15, 0.2) is 48.5 Å². The SMILES string of the molecule is COC(=O)c1ccc([N+](=O)[O-])c(C(C=O)Cc2ccccc2)c1. The molecule has 0 bridgehead atoms. The number of methoxy groups -OCH3 is 1.